The Hall–Kier alpha value is -2.01. The van der Waals surface area contributed by atoms with E-state index in [1.165, 1.54) is 6.07 Å². The van der Waals surface area contributed by atoms with Gasteiger partial charge in [-0.2, -0.15) is 0 Å². The first-order valence-corrected chi connectivity index (χ1v) is 5.66. The third-order valence-corrected chi connectivity index (χ3v) is 2.66. The van der Waals surface area contributed by atoms with E-state index in [4.69, 9.17) is 5.73 Å². The lowest BCUT2D eigenvalue weighted by molar-refractivity contribution is 0.607. The van der Waals surface area contributed by atoms with Crippen molar-refractivity contribution in [1.29, 1.82) is 0 Å². The number of aromatic nitrogens is 2. The van der Waals surface area contributed by atoms with Gasteiger partial charge in [0, 0.05) is 25.7 Å². The Bertz CT molecular complexity index is 513. The topological polar surface area (TPSA) is 55.0 Å². The number of rotatable bonds is 4. The Labute approximate surface area is 105 Å². The van der Waals surface area contributed by atoms with Crippen LogP contribution in [0.5, 0.6) is 0 Å². The van der Waals surface area contributed by atoms with E-state index in [-0.39, 0.29) is 5.82 Å². The van der Waals surface area contributed by atoms with Gasteiger partial charge in [0.1, 0.15) is 11.6 Å². The molecule has 0 radical (unpaired) electrons. The second kappa shape index (κ2) is 5.55. The van der Waals surface area contributed by atoms with Gasteiger partial charge >= 0.3 is 0 Å². The van der Waals surface area contributed by atoms with Gasteiger partial charge in [0.15, 0.2) is 0 Å². The maximum Gasteiger partial charge on any atom is 0.147 e. The summed E-state index contributed by atoms with van der Waals surface area (Å²) in [6.07, 6.45) is 3.27. The number of hydrogen-bond donors (Lipinski definition) is 1. The molecule has 1 aromatic carbocycles. The predicted molar refractivity (Wildman–Crippen MR) is 68.4 cm³/mol. The first kappa shape index (κ1) is 12.4. The third-order valence-electron chi connectivity index (χ3n) is 2.66. The maximum atomic E-state index is 13.5. The average Bonchev–Trinajstić information content (AvgIpc) is 2.41. The molecule has 0 aliphatic heterocycles. The Morgan fingerprint density at radius 2 is 2.00 bits per heavy atom. The number of anilines is 1. The summed E-state index contributed by atoms with van der Waals surface area (Å²) in [6.45, 7) is 0.813. The molecule has 2 aromatic rings. The van der Waals surface area contributed by atoms with Gasteiger partial charge in [0.05, 0.1) is 18.1 Å². The van der Waals surface area contributed by atoms with Gasteiger partial charge in [0.25, 0.3) is 0 Å². The van der Waals surface area contributed by atoms with Crippen molar-refractivity contribution in [2.45, 2.75) is 13.1 Å². The monoisotopic (exact) mass is 246 g/mol. The van der Waals surface area contributed by atoms with Gasteiger partial charge in [-0.25, -0.2) is 9.37 Å². The summed E-state index contributed by atoms with van der Waals surface area (Å²) < 4.78 is 13.5. The maximum absolute atomic E-state index is 13.5. The lowest BCUT2D eigenvalue weighted by Gasteiger charge is -2.18. The standard InChI is InChI=1S/C13H15FN4/c1-18(9-10-4-2-3-5-12(10)14)13-8-16-11(6-15)7-17-13/h2-5,7-8H,6,9,15H2,1H3. The minimum absolute atomic E-state index is 0.212. The molecule has 18 heavy (non-hydrogen) atoms. The second-order valence-electron chi connectivity index (χ2n) is 4.02. The summed E-state index contributed by atoms with van der Waals surface area (Å²) in [5.41, 5.74) is 6.82. The first-order valence-electron chi connectivity index (χ1n) is 5.66. The van der Waals surface area contributed by atoms with E-state index in [0.717, 1.165) is 5.69 Å². The second-order valence-corrected chi connectivity index (χ2v) is 4.02. The van der Waals surface area contributed by atoms with Crippen LogP contribution in [0.3, 0.4) is 0 Å². The van der Waals surface area contributed by atoms with Crippen molar-refractivity contribution in [2.24, 2.45) is 5.73 Å². The molecular formula is C13H15FN4. The zero-order valence-corrected chi connectivity index (χ0v) is 10.2. The summed E-state index contributed by atoms with van der Waals surface area (Å²) in [5.74, 6) is 0.478. The third kappa shape index (κ3) is 2.81. The molecule has 2 N–H and O–H groups in total. The summed E-state index contributed by atoms with van der Waals surface area (Å²) in [5, 5.41) is 0. The van der Waals surface area contributed by atoms with Crippen LogP contribution in [-0.4, -0.2) is 17.0 Å². The molecule has 0 bridgehead atoms. The molecule has 0 saturated carbocycles. The van der Waals surface area contributed by atoms with Gasteiger partial charge < -0.3 is 10.6 Å². The zero-order valence-electron chi connectivity index (χ0n) is 10.2. The fraction of sp³-hybridized carbons (Fsp3) is 0.231. The molecule has 0 fully saturated rings. The number of halogens is 1. The Morgan fingerprint density at radius 1 is 1.22 bits per heavy atom. The highest BCUT2D eigenvalue weighted by Gasteiger charge is 2.07. The van der Waals surface area contributed by atoms with Crippen LogP contribution in [0.4, 0.5) is 10.2 Å². The lowest BCUT2D eigenvalue weighted by Crippen LogP contribution is -2.19. The highest BCUT2D eigenvalue weighted by Crippen LogP contribution is 2.13. The van der Waals surface area contributed by atoms with Crippen molar-refractivity contribution in [1.82, 2.24) is 9.97 Å². The summed E-state index contributed by atoms with van der Waals surface area (Å²) >= 11 is 0. The predicted octanol–water partition coefficient (Wildman–Crippen LogP) is 1.71. The lowest BCUT2D eigenvalue weighted by atomic mass is 10.2. The fourth-order valence-corrected chi connectivity index (χ4v) is 1.61. The Balaban J connectivity index is 2.11. The van der Waals surface area contributed by atoms with Crippen molar-refractivity contribution in [3.8, 4) is 0 Å². The number of hydrogen-bond acceptors (Lipinski definition) is 4. The molecule has 0 spiro atoms. The Kier molecular flexibility index (Phi) is 3.84. The van der Waals surface area contributed by atoms with Crippen LogP contribution in [0, 0.1) is 5.82 Å². The molecule has 4 nitrogen and oxygen atoms in total. The smallest absolute Gasteiger partial charge is 0.147 e. The van der Waals surface area contributed by atoms with Crippen molar-refractivity contribution in [2.75, 3.05) is 11.9 Å². The minimum atomic E-state index is -0.212. The van der Waals surface area contributed by atoms with Gasteiger partial charge in [-0.15, -0.1) is 0 Å². The highest BCUT2D eigenvalue weighted by atomic mass is 19.1. The van der Waals surface area contributed by atoms with E-state index < -0.39 is 0 Å². The molecule has 0 atom stereocenters. The van der Waals surface area contributed by atoms with E-state index in [1.54, 1.807) is 24.5 Å². The van der Waals surface area contributed by atoms with Crippen molar-refractivity contribution in [3.05, 3.63) is 53.7 Å². The van der Waals surface area contributed by atoms with E-state index >= 15 is 0 Å². The molecule has 0 aliphatic carbocycles. The van der Waals surface area contributed by atoms with E-state index in [9.17, 15) is 4.39 Å². The van der Waals surface area contributed by atoms with E-state index in [2.05, 4.69) is 9.97 Å². The number of nitrogens with zero attached hydrogens (tertiary/aromatic N) is 3. The molecule has 1 heterocycles. The average molecular weight is 246 g/mol. The van der Waals surface area contributed by atoms with Crippen LogP contribution < -0.4 is 10.6 Å². The largest absolute Gasteiger partial charge is 0.354 e. The van der Waals surface area contributed by atoms with Crippen LogP contribution in [0.1, 0.15) is 11.3 Å². The molecule has 94 valence electrons. The Morgan fingerprint density at radius 3 is 2.61 bits per heavy atom. The number of nitrogens with two attached hydrogens (primary N) is 1. The minimum Gasteiger partial charge on any atom is -0.354 e. The summed E-state index contributed by atoms with van der Waals surface area (Å²) in [4.78, 5) is 10.2. The van der Waals surface area contributed by atoms with Gasteiger partial charge in [-0.1, -0.05) is 18.2 Å². The van der Waals surface area contributed by atoms with Gasteiger partial charge in [-0.05, 0) is 6.07 Å². The van der Waals surface area contributed by atoms with Gasteiger partial charge in [0.2, 0.25) is 0 Å². The summed E-state index contributed by atoms with van der Waals surface area (Å²) in [6, 6.07) is 6.70. The molecule has 5 heteroatoms. The van der Waals surface area contributed by atoms with Crippen LogP contribution in [0.25, 0.3) is 0 Å². The zero-order chi connectivity index (χ0) is 13.0. The molecule has 1 aromatic heterocycles. The molecule has 0 amide bonds. The van der Waals surface area contributed by atoms with Crippen LogP contribution in [0.2, 0.25) is 0 Å². The van der Waals surface area contributed by atoms with Gasteiger partial charge in [-0.3, -0.25) is 4.98 Å². The fourth-order valence-electron chi connectivity index (χ4n) is 1.61. The van der Waals surface area contributed by atoms with Crippen molar-refractivity contribution >= 4 is 5.82 Å². The van der Waals surface area contributed by atoms with Crippen LogP contribution in [-0.2, 0) is 13.1 Å². The SMILES string of the molecule is CN(Cc1ccccc1F)c1cnc(CN)cn1. The van der Waals surface area contributed by atoms with Crippen LogP contribution >= 0.6 is 0 Å². The first-order chi connectivity index (χ1) is 8.70. The number of benzene rings is 1. The van der Waals surface area contributed by atoms with E-state index in [0.29, 0.717) is 24.5 Å². The van der Waals surface area contributed by atoms with Crippen molar-refractivity contribution < 1.29 is 4.39 Å². The molecule has 0 saturated heterocycles. The van der Waals surface area contributed by atoms with Crippen molar-refractivity contribution in [3.63, 3.8) is 0 Å². The van der Waals surface area contributed by atoms with Crippen LogP contribution in [0.15, 0.2) is 36.7 Å². The molecule has 0 aliphatic rings. The normalized spacial score (nSPS) is 10.4. The van der Waals surface area contributed by atoms with E-state index in [1.807, 2.05) is 18.0 Å². The molecule has 0 unspecified atom stereocenters. The quantitative estimate of drug-likeness (QED) is 0.892. The summed E-state index contributed by atoms with van der Waals surface area (Å²) in [7, 11) is 1.85. The molecular weight excluding hydrogens is 231 g/mol. The highest BCUT2D eigenvalue weighted by molar-refractivity contribution is 5.36. The molecule has 2 rings (SSSR count).